The predicted octanol–water partition coefficient (Wildman–Crippen LogP) is 0.509. The van der Waals surface area contributed by atoms with E-state index in [1.165, 1.54) is 0 Å². The van der Waals surface area contributed by atoms with Crippen molar-refractivity contribution in [1.29, 1.82) is 0 Å². The number of rotatable bonds is 8. The fourth-order valence-electron chi connectivity index (χ4n) is 1.00. The van der Waals surface area contributed by atoms with Crippen LogP contribution in [0.25, 0.3) is 0 Å². The molecule has 3 heteroatoms. The van der Waals surface area contributed by atoms with Gasteiger partial charge in [0.25, 0.3) is 0 Å². The smallest absolute Gasteiger partial charge is 0.0581 e. The number of aliphatic hydroxyl groups is 2. The van der Waals surface area contributed by atoms with Gasteiger partial charge in [-0.2, -0.15) is 0 Å². The van der Waals surface area contributed by atoms with E-state index in [1.54, 1.807) is 0 Å². The van der Waals surface area contributed by atoms with E-state index in [0.29, 0.717) is 6.61 Å². The van der Waals surface area contributed by atoms with Gasteiger partial charge in [0.15, 0.2) is 0 Å². The van der Waals surface area contributed by atoms with Crippen molar-refractivity contribution < 1.29 is 10.2 Å². The molecule has 3 nitrogen and oxygen atoms in total. The summed E-state index contributed by atoms with van der Waals surface area (Å²) in [4.78, 5) is 0. The molecule has 0 spiro atoms. The van der Waals surface area contributed by atoms with Crippen molar-refractivity contribution >= 4 is 0 Å². The minimum absolute atomic E-state index is 0.205. The summed E-state index contributed by atoms with van der Waals surface area (Å²) in [5.41, 5.74) is 0. The Balaban J connectivity index is 2.90. The van der Waals surface area contributed by atoms with Crippen LogP contribution in [-0.2, 0) is 0 Å². The van der Waals surface area contributed by atoms with Crippen LogP contribution in [0.2, 0.25) is 0 Å². The van der Waals surface area contributed by atoms with Gasteiger partial charge in [0.1, 0.15) is 0 Å². The minimum Gasteiger partial charge on any atom is -0.396 e. The van der Waals surface area contributed by atoms with Gasteiger partial charge < -0.3 is 15.5 Å². The van der Waals surface area contributed by atoms with Crippen molar-refractivity contribution in [1.82, 2.24) is 5.32 Å². The third-order valence-corrected chi connectivity index (χ3v) is 1.85. The lowest BCUT2D eigenvalue weighted by Gasteiger charge is -2.09. The SMILES string of the molecule is CC(CO)NCCCCCCO. The van der Waals surface area contributed by atoms with Gasteiger partial charge in [0.05, 0.1) is 6.61 Å². The Kier molecular flexibility index (Phi) is 8.88. The highest BCUT2D eigenvalue weighted by molar-refractivity contribution is 4.57. The molecule has 1 unspecified atom stereocenters. The van der Waals surface area contributed by atoms with Crippen molar-refractivity contribution in [3.8, 4) is 0 Å². The van der Waals surface area contributed by atoms with Crippen LogP contribution in [0.5, 0.6) is 0 Å². The van der Waals surface area contributed by atoms with Crippen LogP contribution in [0.3, 0.4) is 0 Å². The fraction of sp³-hybridized carbons (Fsp3) is 1.00. The number of aliphatic hydroxyl groups excluding tert-OH is 2. The molecular formula is C9H21NO2. The second-order valence-corrected chi connectivity index (χ2v) is 3.18. The molecule has 0 aromatic rings. The molecular weight excluding hydrogens is 154 g/mol. The minimum atomic E-state index is 0.205. The van der Waals surface area contributed by atoms with Crippen molar-refractivity contribution in [2.45, 2.75) is 38.6 Å². The topological polar surface area (TPSA) is 52.5 Å². The first-order valence-corrected chi connectivity index (χ1v) is 4.76. The van der Waals surface area contributed by atoms with Gasteiger partial charge in [0.2, 0.25) is 0 Å². The maximum atomic E-state index is 8.68. The molecule has 0 fully saturated rings. The molecule has 0 heterocycles. The van der Waals surface area contributed by atoms with E-state index in [-0.39, 0.29) is 12.6 Å². The van der Waals surface area contributed by atoms with Gasteiger partial charge in [-0.3, -0.25) is 0 Å². The molecule has 1 atom stereocenters. The van der Waals surface area contributed by atoms with Crippen molar-refractivity contribution in [2.24, 2.45) is 0 Å². The summed E-state index contributed by atoms with van der Waals surface area (Å²) < 4.78 is 0. The zero-order valence-electron chi connectivity index (χ0n) is 7.92. The highest BCUT2D eigenvalue weighted by Gasteiger charge is 1.96. The molecule has 0 aromatic heterocycles. The van der Waals surface area contributed by atoms with Crippen LogP contribution in [0, 0.1) is 0 Å². The lowest BCUT2D eigenvalue weighted by atomic mass is 10.2. The summed E-state index contributed by atoms with van der Waals surface area (Å²) in [5, 5.41) is 20.4. The summed E-state index contributed by atoms with van der Waals surface area (Å²) in [6, 6.07) is 0.211. The number of unbranched alkanes of at least 4 members (excludes halogenated alkanes) is 3. The Morgan fingerprint density at radius 3 is 2.33 bits per heavy atom. The zero-order valence-corrected chi connectivity index (χ0v) is 7.92. The second kappa shape index (κ2) is 8.97. The van der Waals surface area contributed by atoms with Gasteiger partial charge in [-0.25, -0.2) is 0 Å². The maximum Gasteiger partial charge on any atom is 0.0581 e. The molecule has 0 aliphatic heterocycles. The number of nitrogens with one attached hydrogen (secondary N) is 1. The van der Waals surface area contributed by atoms with E-state index in [4.69, 9.17) is 10.2 Å². The standard InChI is InChI=1S/C9H21NO2/c1-9(8-12)10-6-4-2-3-5-7-11/h9-12H,2-8H2,1H3. The van der Waals surface area contributed by atoms with Gasteiger partial charge in [0, 0.05) is 12.6 Å². The van der Waals surface area contributed by atoms with Crippen LogP contribution < -0.4 is 5.32 Å². The molecule has 0 aliphatic carbocycles. The van der Waals surface area contributed by atoms with E-state index >= 15 is 0 Å². The lowest BCUT2D eigenvalue weighted by molar-refractivity contribution is 0.250. The van der Waals surface area contributed by atoms with Crippen molar-refractivity contribution in [3.63, 3.8) is 0 Å². The Bertz CT molecular complexity index is 88.6. The van der Waals surface area contributed by atoms with Crippen LogP contribution in [-0.4, -0.2) is 36.0 Å². The molecule has 0 aliphatic rings. The summed E-state index contributed by atoms with van der Waals surface area (Å²) in [7, 11) is 0. The average Bonchev–Trinajstić information content (AvgIpc) is 2.10. The summed E-state index contributed by atoms with van der Waals surface area (Å²) in [5.74, 6) is 0. The highest BCUT2D eigenvalue weighted by atomic mass is 16.3. The molecule has 0 saturated heterocycles. The average molecular weight is 175 g/mol. The largest absolute Gasteiger partial charge is 0.396 e. The van der Waals surface area contributed by atoms with Crippen LogP contribution in [0.4, 0.5) is 0 Å². The molecule has 0 rings (SSSR count). The van der Waals surface area contributed by atoms with Crippen molar-refractivity contribution in [2.75, 3.05) is 19.8 Å². The third kappa shape index (κ3) is 7.98. The van der Waals surface area contributed by atoms with E-state index in [1.807, 2.05) is 6.92 Å². The predicted molar refractivity (Wildman–Crippen MR) is 50.1 cm³/mol. The Hall–Kier alpha value is -0.120. The van der Waals surface area contributed by atoms with Crippen LogP contribution >= 0.6 is 0 Å². The third-order valence-electron chi connectivity index (χ3n) is 1.85. The van der Waals surface area contributed by atoms with Gasteiger partial charge in [-0.15, -0.1) is 0 Å². The quantitative estimate of drug-likeness (QED) is 0.471. The molecule has 0 aromatic carbocycles. The van der Waals surface area contributed by atoms with E-state index < -0.39 is 0 Å². The first-order chi connectivity index (χ1) is 5.81. The highest BCUT2D eigenvalue weighted by Crippen LogP contribution is 1.97. The molecule has 0 saturated carbocycles. The fourth-order valence-corrected chi connectivity index (χ4v) is 1.00. The van der Waals surface area contributed by atoms with Gasteiger partial charge >= 0.3 is 0 Å². The van der Waals surface area contributed by atoms with Crippen molar-refractivity contribution in [3.05, 3.63) is 0 Å². The molecule has 3 N–H and O–H groups in total. The molecule has 74 valence electrons. The zero-order chi connectivity index (χ0) is 9.23. The van der Waals surface area contributed by atoms with Gasteiger partial charge in [-0.1, -0.05) is 12.8 Å². The molecule has 12 heavy (non-hydrogen) atoms. The molecule has 0 radical (unpaired) electrons. The Morgan fingerprint density at radius 2 is 1.75 bits per heavy atom. The summed E-state index contributed by atoms with van der Waals surface area (Å²) >= 11 is 0. The lowest BCUT2D eigenvalue weighted by Crippen LogP contribution is -2.29. The normalized spacial score (nSPS) is 13.2. The van der Waals surface area contributed by atoms with E-state index in [2.05, 4.69) is 5.32 Å². The molecule has 0 amide bonds. The monoisotopic (exact) mass is 175 g/mol. The first kappa shape index (κ1) is 11.9. The Morgan fingerprint density at radius 1 is 1.08 bits per heavy atom. The van der Waals surface area contributed by atoms with E-state index in [9.17, 15) is 0 Å². The van der Waals surface area contributed by atoms with Gasteiger partial charge in [-0.05, 0) is 26.3 Å². The summed E-state index contributed by atoms with van der Waals surface area (Å²) in [6.45, 7) is 3.44. The maximum absolute atomic E-state index is 8.68. The number of hydrogen-bond acceptors (Lipinski definition) is 3. The second-order valence-electron chi connectivity index (χ2n) is 3.18. The summed E-state index contributed by atoms with van der Waals surface area (Å²) in [6.07, 6.45) is 4.30. The Labute approximate surface area is 74.8 Å². The molecule has 0 bridgehead atoms. The first-order valence-electron chi connectivity index (χ1n) is 4.76. The van der Waals surface area contributed by atoms with Crippen LogP contribution in [0.1, 0.15) is 32.6 Å². The number of hydrogen-bond donors (Lipinski definition) is 3. The van der Waals surface area contributed by atoms with Crippen LogP contribution in [0.15, 0.2) is 0 Å². The van der Waals surface area contributed by atoms with E-state index in [0.717, 1.165) is 32.2 Å².